The van der Waals surface area contributed by atoms with E-state index in [2.05, 4.69) is 5.32 Å². The fourth-order valence-electron chi connectivity index (χ4n) is 4.59. The van der Waals surface area contributed by atoms with E-state index in [0.29, 0.717) is 46.0 Å². The van der Waals surface area contributed by atoms with Gasteiger partial charge in [0.15, 0.2) is 17.3 Å². The molecule has 0 unspecified atom stereocenters. The number of methoxy groups -OCH3 is 3. The Morgan fingerprint density at radius 2 is 1.76 bits per heavy atom. The number of rotatable bonds is 6. The Morgan fingerprint density at radius 3 is 2.33 bits per heavy atom. The Morgan fingerprint density at radius 1 is 1.09 bits per heavy atom. The van der Waals surface area contributed by atoms with Crippen molar-refractivity contribution in [3.63, 3.8) is 0 Å². The topological polar surface area (TPSA) is 100 Å². The maximum Gasteiger partial charge on any atom is 0.337 e. The minimum atomic E-state index is -0.945. The van der Waals surface area contributed by atoms with Gasteiger partial charge in [0.2, 0.25) is 0 Å². The molecule has 2 aliphatic rings. The predicted octanol–water partition coefficient (Wildman–Crippen LogP) is 3.27. The third kappa shape index (κ3) is 4.47. The summed E-state index contributed by atoms with van der Waals surface area (Å²) in [6, 6.07) is 5.26. The third-order valence-electron chi connectivity index (χ3n) is 6.05. The zero-order chi connectivity index (χ0) is 24.4. The van der Waals surface area contributed by atoms with Gasteiger partial charge in [0.1, 0.15) is 5.92 Å². The van der Waals surface area contributed by atoms with Gasteiger partial charge in [-0.25, -0.2) is 4.79 Å². The van der Waals surface area contributed by atoms with Crippen molar-refractivity contribution < 1.29 is 33.3 Å². The maximum absolute atomic E-state index is 13.7. The molecule has 0 saturated carbocycles. The molecule has 0 bridgehead atoms. The first-order valence-electron chi connectivity index (χ1n) is 10.9. The number of dihydropyridines is 1. The number of carbonyl (C=O) groups is 3. The fourth-order valence-corrected chi connectivity index (χ4v) is 4.59. The van der Waals surface area contributed by atoms with Gasteiger partial charge in [0.25, 0.3) is 0 Å². The second-order valence-corrected chi connectivity index (χ2v) is 8.60. The highest BCUT2D eigenvalue weighted by Crippen LogP contribution is 2.46. The molecule has 1 heterocycles. The molecule has 178 valence electrons. The number of ether oxygens (including phenoxy) is 4. The summed E-state index contributed by atoms with van der Waals surface area (Å²) in [5.41, 5.74) is 2.66. The van der Waals surface area contributed by atoms with Crippen molar-refractivity contribution in [3.05, 3.63) is 46.3 Å². The SMILES string of the molecule is COC(=O)[C@H]1C(=O)C2=C(C[C@@H]1C)NC(C)=C(C(=O)OC(C)C)[C@@H]2c1ccc(OC)c(OC)c1. The molecule has 0 aromatic heterocycles. The molecule has 3 atom stereocenters. The van der Waals surface area contributed by atoms with Crippen molar-refractivity contribution in [2.45, 2.75) is 46.1 Å². The summed E-state index contributed by atoms with van der Waals surface area (Å²) >= 11 is 0. The molecule has 1 aromatic carbocycles. The Balaban J connectivity index is 2.23. The molecule has 33 heavy (non-hydrogen) atoms. The number of ketones is 1. The van der Waals surface area contributed by atoms with Crippen molar-refractivity contribution >= 4 is 17.7 Å². The van der Waals surface area contributed by atoms with Gasteiger partial charge in [0.05, 0.1) is 33.0 Å². The van der Waals surface area contributed by atoms with Gasteiger partial charge in [-0.15, -0.1) is 0 Å². The number of carbonyl (C=O) groups excluding carboxylic acids is 3. The summed E-state index contributed by atoms with van der Waals surface area (Å²) < 4.78 is 21.3. The summed E-state index contributed by atoms with van der Waals surface area (Å²) in [6.07, 6.45) is 0.123. The molecular formula is C25H31NO7. The van der Waals surface area contributed by atoms with Crippen LogP contribution in [0, 0.1) is 11.8 Å². The van der Waals surface area contributed by atoms with E-state index in [9.17, 15) is 14.4 Å². The molecule has 1 aromatic rings. The average Bonchev–Trinajstić information content (AvgIpc) is 2.76. The molecule has 0 radical (unpaired) electrons. The minimum absolute atomic E-state index is 0.251. The largest absolute Gasteiger partial charge is 0.493 e. The molecule has 3 rings (SSSR count). The lowest BCUT2D eigenvalue weighted by molar-refractivity contribution is -0.151. The molecule has 1 N–H and O–H groups in total. The van der Waals surface area contributed by atoms with Crippen LogP contribution in [-0.2, 0) is 23.9 Å². The van der Waals surface area contributed by atoms with Gasteiger partial charge in [0, 0.05) is 22.9 Å². The number of esters is 2. The molecule has 1 aliphatic carbocycles. The van der Waals surface area contributed by atoms with E-state index >= 15 is 0 Å². The number of nitrogens with one attached hydrogen (secondary N) is 1. The molecule has 0 amide bonds. The van der Waals surface area contributed by atoms with Gasteiger partial charge >= 0.3 is 11.9 Å². The zero-order valence-electron chi connectivity index (χ0n) is 20.1. The van der Waals surface area contributed by atoms with Gasteiger partial charge in [-0.1, -0.05) is 13.0 Å². The number of Topliss-reactive ketones (excluding diaryl/α,β-unsaturated/α-hetero) is 1. The average molecular weight is 458 g/mol. The van der Waals surface area contributed by atoms with Crippen molar-refractivity contribution in [3.8, 4) is 11.5 Å². The molecule has 0 fully saturated rings. The molecule has 0 saturated heterocycles. The lowest BCUT2D eigenvalue weighted by Gasteiger charge is -2.38. The standard InChI is InChI=1S/C25H31NO7/c1-12(2)33-25(29)20-14(4)26-16-10-13(3)19(24(28)32-7)23(27)22(16)21(20)15-8-9-17(30-5)18(11-15)31-6/h8-9,11-13,19,21,26H,10H2,1-7H3/t13-,19+,21-/m0/s1. The lowest BCUT2D eigenvalue weighted by Crippen LogP contribution is -2.43. The van der Waals surface area contributed by atoms with Crippen LogP contribution in [-0.4, -0.2) is 45.2 Å². The van der Waals surface area contributed by atoms with E-state index in [1.807, 2.05) is 6.92 Å². The number of benzene rings is 1. The van der Waals surface area contributed by atoms with E-state index in [-0.39, 0.29) is 17.8 Å². The van der Waals surface area contributed by atoms with Gasteiger partial charge in [-0.3, -0.25) is 9.59 Å². The fraction of sp³-hybridized carbons (Fsp3) is 0.480. The van der Waals surface area contributed by atoms with Gasteiger partial charge < -0.3 is 24.3 Å². The molecule has 8 nitrogen and oxygen atoms in total. The van der Waals surface area contributed by atoms with Crippen LogP contribution in [0.3, 0.4) is 0 Å². The highest BCUT2D eigenvalue weighted by molar-refractivity contribution is 6.12. The molecule has 8 heteroatoms. The Labute approximate surface area is 193 Å². The van der Waals surface area contributed by atoms with Crippen molar-refractivity contribution in [2.75, 3.05) is 21.3 Å². The smallest absolute Gasteiger partial charge is 0.337 e. The van der Waals surface area contributed by atoms with Crippen LogP contribution in [0.15, 0.2) is 40.7 Å². The highest BCUT2D eigenvalue weighted by Gasteiger charge is 2.47. The quantitative estimate of drug-likeness (QED) is 0.513. The Kier molecular flexibility index (Phi) is 7.15. The van der Waals surface area contributed by atoms with Gasteiger partial charge in [-0.05, 0) is 50.8 Å². The number of hydrogen-bond donors (Lipinski definition) is 1. The monoisotopic (exact) mass is 457 g/mol. The van der Waals surface area contributed by atoms with Crippen molar-refractivity contribution in [1.82, 2.24) is 5.32 Å². The first-order chi connectivity index (χ1) is 15.6. The first kappa shape index (κ1) is 24.4. The number of hydrogen-bond acceptors (Lipinski definition) is 8. The van der Waals surface area contributed by atoms with Crippen LogP contribution in [0.4, 0.5) is 0 Å². The van der Waals surface area contributed by atoms with E-state index in [4.69, 9.17) is 18.9 Å². The van der Waals surface area contributed by atoms with Gasteiger partial charge in [-0.2, -0.15) is 0 Å². The van der Waals surface area contributed by atoms with Crippen LogP contribution in [0.25, 0.3) is 0 Å². The summed E-state index contributed by atoms with van der Waals surface area (Å²) in [7, 11) is 4.32. The summed E-state index contributed by atoms with van der Waals surface area (Å²) in [5.74, 6) is -2.41. The third-order valence-corrected chi connectivity index (χ3v) is 6.05. The zero-order valence-corrected chi connectivity index (χ0v) is 20.1. The van der Waals surface area contributed by atoms with Crippen LogP contribution in [0.5, 0.6) is 11.5 Å². The van der Waals surface area contributed by atoms with Crippen molar-refractivity contribution in [2.24, 2.45) is 11.8 Å². The van der Waals surface area contributed by atoms with Crippen LogP contribution in [0.1, 0.15) is 45.6 Å². The van der Waals surface area contributed by atoms with Crippen LogP contribution >= 0.6 is 0 Å². The second kappa shape index (κ2) is 9.68. The van der Waals surface area contributed by atoms with E-state index in [1.165, 1.54) is 21.3 Å². The molecular weight excluding hydrogens is 426 g/mol. The maximum atomic E-state index is 13.7. The Bertz CT molecular complexity index is 1040. The second-order valence-electron chi connectivity index (χ2n) is 8.60. The lowest BCUT2D eigenvalue weighted by atomic mass is 9.69. The first-order valence-corrected chi connectivity index (χ1v) is 10.9. The molecule has 1 aliphatic heterocycles. The minimum Gasteiger partial charge on any atom is -0.493 e. The Hall–Kier alpha value is -3.29. The predicted molar refractivity (Wildman–Crippen MR) is 121 cm³/mol. The van der Waals surface area contributed by atoms with Crippen LogP contribution in [0.2, 0.25) is 0 Å². The van der Waals surface area contributed by atoms with E-state index in [1.54, 1.807) is 39.0 Å². The molecule has 0 spiro atoms. The summed E-state index contributed by atoms with van der Waals surface area (Å²) in [5, 5.41) is 3.24. The highest BCUT2D eigenvalue weighted by atomic mass is 16.5. The normalized spacial score (nSPS) is 22.5. The van der Waals surface area contributed by atoms with Crippen LogP contribution < -0.4 is 14.8 Å². The number of allylic oxidation sites excluding steroid dienone is 3. The van der Waals surface area contributed by atoms with E-state index < -0.39 is 23.8 Å². The van der Waals surface area contributed by atoms with Crippen molar-refractivity contribution in [1.29, 1.82) is 0 Å². The van der Waals surface area contributed by atoms with E-state index in [0.717, 1.165) is 0 Å². The summed E-state index contributed by atoms with van der Waals surface area (Å²) in [4.78, 5) is 39.4. The summed E-state index contributed by atoms with van der Waals surface area (Å²) in [6.45, 7) is 7.16.